The summed E-state index contributed by atoms with van der Waals surface area (Å²) < 4.78 is 18.4. The van der Waals surface area contributed by atoms with E-state index in [0.29, 0.717) is 5.75 Å². The van der Waals surface area contributed by atoms with E-state index < -0.39 is 37.3 Å². The minimum Gasteiger partial charge on any atom is -0.487 e. The zero-order valence-corrected chi connectivity index (χ0v) is 23.9. The molecular weight excluding hydrogens is 472 g/mol. The normalized spacial score (nSPS) is 30.6. The van der Waals surface area contributed by atoms with Gasteiger partial charge in [0.2, 0.25) is 6.29 Å². The van der Waals surface area contributed by atoms with E-state index in [-0.39, 0.29) is 5.60 Å². The Morgan fingerprint density at radius 2 is 1.59 bits per heavy atom. The van der Waals surface area contributed by atoms with Gasteiger partial charge in [0, 0.05) is 5.56 Å². The zero-order chi connectivity index (χ0) is 27.5. The molecule has 7 atom stereocenters. The predicted octanol–water partition coefficient (Wildman–Crippen LogP) is 4.51. The number of aliphatic hydroxyl groups is 4. The van der Waals surface area contributed by atoms with Gasteiger partial charge in [-0.25, -0.2) is 0 Å². The lowest BCUT2D eigenvalue weighted by Gasteiger charge is -2.41. The van der Waals surface area contributed by atoms with Gasteiger partial charge in [-0.2, -0.15) is 0 Å². The van der Waals surface area contributed by atoms with Crippen molar-refractivity contribution >= 4 is 0 Å². The molecule has 0 amide bonds. The standard InChI is InChI=1S/C30H50O7/c1-17(2)10-8-11-18(3)12-9-14-30(7)15-13-22-21(6)27(19(4)20(5)28(22)37-30)36-29-26(34)25(33)24(32)23(16-31)35-29/h17-18,23-26,29,31-34H,8-16H2,1-7H3/t18-,23-,24-,25+,26-,29+,30-/m1/s1. The molecule has 0 aliphatic carbocycles. The third-order valence-electron chi connectivity index (χ3n) is 8.53. The molecule has 212 valence electrons. The fourth-order valence-corrected chi connectivity index (χ4v) is 5.76. The van der Waals surface area contributed by atoms with E-state index in [0.717, 1.165) is 65.5 Å². The monoisotopic (exact) mass is 522 g/mol. The maximum atomic E-state index is 10.5. The van der Waals surface area contributed by atoms with Crippen LogP contribution >= 0.6 is 0 Å². The number of hydrogen-bond acceptors (Lipinski definition) is 7. The molecule has 0 unspecified atom stereocenters. The van der Waals surface area contributed by atoms with Crippen molar-refractivity contribution in [1.29, 1.82) is 0 Å². The molecule has 1 saturated heterocycles. The average molecular weight is 523 g/mol. The molecule has 37 heavy (non-hydrogen) atoms. The minimum atomic E-state index is -1.47. The van der Waals surface area contributed by atoms with Gasteiger partial charge in [0.25, 0.3) is 0 Å². The first-order valence-electron chi connectivity index (χ1n) is 14.2. The summed E-state index contributed by atoms with van der Waals surface area (Å²) in [4.78, 5) is 0. The van der Waals surface area contributed by atoms with E-state index in [1.54, 1.807) is 0 Å². The lowest BCUT2D eigenvalue weighted by atomic mass is 9.84. The Labute approximate surface area is 223 Å². The molecule has 2 aliphatic heterocycles. The van der Waals surface area contributed by atoms with E-state index >= 15 is 0 Å². The third-order valence-corrected chi connectivity index (χ3v) is 8.53. The van der Waals surface area contributed by atoms with Gasteiger partial charge < -0.3 is 34.6 Å². The molecule has 0 bridgehead atoms. The molecule has 2 aliphatic rings. The van der Waals surface area contributed by atoms with Gasteiger partial charge >= 0.3 is 0 Å². The van der Waals surface area contributed by atoms with Crippen molar-refractivity contribution in [2.24, 2.45) is 11.8 Å². The fraction of sp³-hybridized carbons (Fsp3) is 0.800. The van der Waals surface area contributed by atoms with Crippen LogP contribution in [0, 0.1) is 32.6 Å². The number of fused-ring (bicyclic) bond motifs is 1. The van der Waals surface area contributed by atoms with Crippen LogP contribution in [0.4, 0.5) is 0 Å². The molecule has 0 saturated carbocycles. The summed E-state index contributed by atoms with van der Waals surface area (Å²) in [5.74, 6) is 3.03. The van der Waals surface area contributed by atoms with Gasteiger partial charge in [-0.15, -0.1) is 0 Å². The van der Waals surface area contributed by atoms with Crippen molar-refractivity contribution < 1.29 is 34.6 Å². The quantitative estimate of drug-likeness (QED) is 0.339. The number of rotatable bonds is 11. The van der Waals surface area contributed by atoms with Crippen LogP contribution in [0.5, 0.6) is 11.5 Å². The van der Waals surface area contributed by atoms with Gasteiger partial charge in [-0.3, -0.25) is 0 Å². The summed E-state index contributed by atoms with van der Waals surface area (Å²) in [7, 11) is 0. The van der Waals surface area contributed by atoms with Crippen LogP contribution in [-0.4, -0.2) is 63.3 Å². The predicted molar refractivity (Wildman–Crippen MR) is 144 cm³/mol. The van der Waals surface area contributed by atoms with Crippen LogP contribution < -0.4 is 9.47 Å². The maximum Gasteiger partial charge on any atom is 0.229 e. The molecule has 1 aromatic carbocycles. The molecule has 0 spiro atoms. The van der Waals surface area contributed by atoms with Crippen molar-refractivity contribution in [1.82, 2.24) is 0 Å². The molecule has 2 heterocycles. The Bertz CT molecular complexity index is 899. The molecule has 1 aromatic rings. The Kier molecular flexibility index (Phi) is 10.3. The molecule has 4 N–H and O–H groups in total. The Morgan fingerprint density at radius 3 is 2.24 bits per heavy atom. The number of benzene rings is 1. The Balaban J connectivity index is 1.69. The van der Waals surface area contributed by atoms with Gasteiger partial charge in [-0.1, -0.05) is 46.5 Å². The smallest absolute Gasteiger partial charge is 0.229 e. The van der Waals surface area contributed by atoms with E-state index in [4.69, 9.17) is 14.2 Å². The summed E-state index contributed by atoms with van der Waals surface area (Å²) >= 11 is 0. The lowest BCUT2D eigenvalue weighted by molar-refractivity contribution is -0.277. The third kappa shape index (κ3) is 6.99. The number of ether oxygens (including phenoxy) is 3. The van der Waals surface area contributed by atoms with Crippen molar-refractivity contribution in [3.05, 3.63) is 22.3 Å². The number of hydrogen-bond donors (Lipinski definition) is 4. The number of aliphatic hydroxyl groups excluding tert-OH is 4. The first-order chi connectivity index (χ1) is 17.4. The van der Waals surface area contributed by atoms with Crippen LogP contribution in [0.2, 0.25) is 0 Å². The summed E-state index contributed by atoms with van der Waals surface area (Å²) in [5.41, 5.74) is 3.70. The Hall–Kier alpha value is -1.38. The second kappa shape index (κ2) is 12.6. The fourth-order valence-electron chi connectivity index (χ4n) is 5.76. The second-order valence-electron chi connectivity index (χ2n) is 12.2. The van der Waals surface area contributed by atoms with E-state index in [2.05, 4.69) is 27.7 Å². The van der Waals surface area contributed by atoms with Crippen molar-refractivity contribution in [2.75, 3.05) is 6.61 Å². The van der Waals surface area contributed by atoms with Crippen molar-refractivity contribution in [2.45, 2.75) is 136 Å². The highest BCUT2D eigenvalue weighted by atomic mass is 16.7. The highest BCUT2D eigenvalue weighted by Gasteiger charge is 2.45. The molecule has 1 fully saturated rings. The maximum absolute atomic E-state index is 10.5. The summed E-state index contributed by atoms with van der Waals surface area (Å²) in [5, 5.41) is 40.2. The first-order valence-corrected chi connectivity index (χ1v) is 14.2. The molecule has 0 radical (unpaired) electrons. The van der Waals surface area contributed by atoms with E-state index in [1.807, 2.05) is 20.8 Å². The van der Waals surface area contributed by atoms with Crippen LogP contribution in [0.3, 0.4) is 0 Å². The van der Waals surface area contributed by atoms with Gasteiger partial charge in [0.05, 0.1) is 6.61 Å². The Morgan fingerprint density at radius 1 is 0.919 bits per heavy atom. The van der Waals surface area contributed by atoms with E-state index in [9.17, 15) is 20.4 Å². The lowest BCUT2D eigenvalue weighted by Crippen LogP contribution is -2.60. The SMILES string of the molecule is Cc1c(C)c2c(c(C)c1O[C@@H]1O[C@H](CO)[C@@H](O)[C@H](O)[C@H]1O)CC[C@@](C)(CCC[C@H](C)CCCC(C)C)O2. The molecule has 7 nitrogen and oxygen atoms in total. The van der Waals surface area contributed by atoms with Crippen LogP contribution in [0.1, 0.15) is 94.9 Å². The topological polar surface area (TPSA) is 109 Å². The largest absolute Gasteiger partial charge is 0.487 e. The van der Waals surface area contributed by atoms with Gasteiger partial charge in [-0.05, 0) is 81.9 Å². The second-order valence-corrected chi connectivity index (χ2v) is 12.2. The molecule has 0 aromatic heterocycles. The minimum absolute atomic E-state index is 0.200. The van der Waals surface area contributed by atoms with Crippen LogP contribution in [-0.2, 0) is 11.2 Å². The van der Waals surface area contributed by atoms with Crippen molar-refractivity contribution in [3.63, 3.8) is 0 Å². The molecule has 7 heteroatoms. The van der Waals surface area contributed by atoms with Gasteiger partial charge in [0.15, 0.2) is 0 Å². The summed E-state index contributed by atoms with van der Waals surface area (Å²) in [6, 6.07) is 0. The first kappa shape index (κ1) is 30.2. The van der Waals surface area contributed by atoms with E-state index in [1.165, 1.54) is 25.7 Å². The summed E-state index contributed by atoms with van der Waals surface area (Å²) in [6.45, 7) is 14.6. The highest BCUT2D eigenvalue weighted by molar-refractivity contribution is 5.59. The summed E-state index contributed by atoms with van der Waals surface area (Å²) in [6.07, 6.45) is 2.57. The highest BCUT2D eigenvalue weighted by Crippen LogP contribution is 2.45. The molecule has 3 rings (SSSR count). The average Bonchev–Trinajstić information content (AvgIpc) is 2.84. The van der Waals surface area contributed by atoms with Crippen molar-refractivity contribution in [3.8, 4) is 11.5 Å². The zero-order valence-electron chi connectivity index (χ0n) is 23.9. The van der Waals surface area contributed by atoms with Crippen LogP contribution in [0.25, 0.3) is 0 Å². The molecular formula is C30H50O7. The van der Waals surface area contributed by atoms with Gasteiger partial charge in [0.1, 0.15) is 41.5 Å². The van der Waals surface area contributed by atoms with Crippen LogP contribution in [0.15, 0.2) is 0 Å².